The molecule has 0 amide bonds. The molecule has 4 heterocycles. The Morgan fingerprint density at radius 2 is 0.744 bits per heavy atom. The third-order valence-corrected chi connectivity index (χ3v) is 20.0. The second kappa shape index (κ2) is 21.3. The van der Waals surface area contributed by atoms with E-state index in [0.29, 0.717) is 0 Å². The van der Waals surface area contributed by atoms with Crippen molar-refractivity contribution in [2.45, 2.75) is 65.2 Å². The van der Waals surface area contributed by atoms with Gasteiger partial charge >= 0.3 is 0 Å². The molecule has 14 aromatic rings. The molecular formula is C82H66N2S2. The third-order valence-electron chi connectivity index (χ3n) is 17.4. The van der Waals surface area contributed by atoms with Gasteiger partial charge in [0.05, 0.1) is 22.1 Å². The quantitative estimate of drug-likeness (QED) is 0.129. The first-order chi connectivity index (χ1) is 42.0. The zero-order chi connectivity index (χ0) is 58.3. The molecule has 0 spiro atoms. The summed E-state index contributed by atoms with van der Waals surface area (Å²) in [6.45, 7) is 14.1. The summed E-state index contributed by atoms with van der Waals surface area (Å²) >= 11 is 3.85. The summed E-state index contributed by atoms with van der Waals surface area (Å²) in [7, 11) is 0. The summed E-state index contributed by atoms with van der Waals surface area (Å²) in [6.07, 6.45) is 9.23. The van der Waals surface area contributed by atoms with E-state index in [9.17, 15) is 0 Å². The Labute approximate surface area is 513 Å². The first kappa shape index (κ1) is 53.4. The van der Waals surface area contributed by atoms with Crippen LogP contribution in [-0.2, 0) is 10.8 Å². The van der Waals surface area contributed by atoms with Crippen LogP contribution in [0.1, 0.15) is 70.4 Å². The monoisotopic (exact) mass is 1140 g/mol. The molecule has 0 saturated heterocycles. The number of hydrogen-bond donors (Lipinski definition) is 0. The van der Waals surface area contributed by atoms with Gasteiger partial charge in [-0.1, -0.05) is 260 Å². The van der Waals surface area contributed by atoms with Crippen molar-refractivity contribution in [2.24, 2.45) is 0 Å². The molecule has 0 unspecified atom stereocenters. The zero-order valence-electron chi connectivity index (χ0n) is 49.5. The van der Waals surface area contributed by atoms with E-state index in [0.717, 1.165) is 29.6 Å². The summed E-state index contributed by atoms with van der Waals surface area (Å²) in [5.74, 6) is 0. The molecule has 0 N–H and O–H groups in total. The van der Waals surface area contributed by atoms with Crippen molar-refractivity contribution in [2.75, 3.05) is 0 Å². The Kier molecular flexibility index (Phi) is 13.2. The maximum absolute atomic E-state index is 2.59. The highest BCUT2D eigenvalue weighted by Gasteiger charge is 2.30. The fourth-order valence-electron chi connectivity index (χ4n) is 13.2. The molecule has 0 atom stereocenters. The van der Waals surface area contributed by atoms with Crippen molar-refractivity contribution in [1.82, 2.24) is 9.13 Å². The van der Waals surface area contributed by atoms with Crippen LogP contribution in [-0.4, -0.2) is 9.13 Å². The van der Waals surface area contributed by atoms with Crippen LogP contribution in [0.2, 0.25) is 0 Å². The molecule has 416 valence electrons. The van der Waals surface area contributed by atoms with Crippen LogP contribution in [0.4, 0.5) is 0 Å². The van der Waals surface area contributed by atoms with Gasteiger partial charge in [0.25, 0.3) is 0 Å². The van der Waals surface area contributed by atoms with Crippen LogP contribution in [0.15, 0.2) is 267 Å². The Hall–Kier alpha value is -9.32. The van der Waals surface area contributed by atoms with Gasteiger partial charge in [-0.15, -0.1) is 22.7 Å². The molecule has 1 aliphatic carbocycles. The van der Waals surface area contributed by atoms with E-state index in [1.807, 2.05) is 22.7 Å². The SMILES string of the molecule is CC(C)(C)c1cc(-n2c3ccccc3c3ccc4c(c5ccccc5n4-c4cc(-c5sc(C6=CCCC=C6)c(-c6ccccc6)c5-c5ccccc5)cc(-c5sc(-c6ccccc6)c(-c6ccccc6)c5-c5ccccc5)c4)c32)cc(C(C)(C)C)c1. The minimum Gasteiger partial charge on any atom is -0.309 e. The van der Waals surface area contributed by atoms with Crippen molar-refractivity contribution < 1.29 is 0 Å². The molecule has 0 bridgehead atoms. The largest absolute Gasteiger partial charge is 0.309 e. The Morgan fingerprint density at radius 3 is 1.23 bits per heavy atom. The molecule has 0 fully saturated rings. The maximum Gasteiger partial charge on any atom is 0.0641 e. The van der Waals surface area contributed by atoms with Gasteiger partial charge in [0, 0.05) is 74.7 Å². The Balaban J connectivity index is 1.10. The van der Waals surface area contributed by atoms with Gasteiger partial charge in [0.2, 0.25) is 0 Å². The molecular weight excluding hydrogens is 1080 g/mol. The fraction of sp³-hybridized carbons (Fsp3) is 0.122. The molecule has 86 heavy (non-hydrogen) atoms. The number of aromatic nitrogens is 2. The predicted octanol–water partition coefficient (Wildman–Crippen LogP) is 24.0. The Bertz CT molecular complexity index is 4920. The number of thiophene rings is 2. The predicted molar refractivity (Wildman–Crippen MR) is 373 cm³/mol. The molecule has 0 radical (unpaired) electrons. The van der Waals surface area contributed by atoms with Gasteiger partial charge in [0.1, 0.15) is 0 Å². The minimum atomic E-state index is -0.0644. The molecule has 15 rings (SSSR count). The lowest BCUT2D eigenvalue weighted by atomic mass is 9.80. The highest BCUT2D eigenvalue weighted by molar-refractivity contribution is 7.20. The van der Waals surface area contributed by atoms with E-state index < -0.39 is 0 Å². The van der Waals surface area contributed by atoms with Crippen LogP contribution in [0.25, 0.3) is 136 Å². The number of para-hydroxylation sites is 2. The van der Waals surface area contributed by atoms with E-state index in [1.54, 1.807) is 0 Å². The van der Waals surface area contributed by atoms with Crippen LogP contribution in [0.3, 0.4) is 0 Å². The van der Waals surface area contributed by atoms with E-state index in [2.05, 4.69) is 318 Å². The standard InChI is InChI=1S/C82H66N2S2/c1-81(2,3)61-50-62(82(4,5)6)52-64(51-61)84-68-43-27-25-41-65(68)66-45-46-70-75(76(66)84)67-42-26-28-44-69(67)83(70)63-48-59(79-73(55-33-17-9-18-34-55)71(53-29-13-7-14-30-53)77(85-79)57-37-21-11-22-38-57)47-60(49-63)80-74(56-35-19-10-20-36-56)72(54-31-15-8-16-32-54)78(86-80)58-39-23-12-24-40-58/h7-11,13-23,25-52H,12,24H2,1-6H3. The van der Waals surface area contributed by atoms with Gasteiger partial charge in [-0.3, -0.25) is 0 Å². The van der Waals surface area contributed by atoms with E-state index in [1.165, 1.54) is 136 Å². The summed E-state index contributed by atoms with van der Waals surface area (Å²) in [6, 6.07) is 93.3. The molecule has 2 nitrogen and oxygen atoms in total. The number of nitrogens with zero attached hydrogens (tertiary/aromatic N) is 2. The van der Waals surface area contributed by atoms with Gasteiger partial charge < -0.3 is 9.13 Å². The van der Waals surface area contributed by atoms with Crippen molar-refractivity contribution >= 4 is 71.9 Å². The third kappa shape index (κ3) is 9.22. The minimum absolute atomic E-state index is 0.0644. The van der Waals surface area contributed by atoms with E-state index >= 15 is 0 Å². The van der Waals surface area contributed by atoms with Crippen molar-refractivity contribution in [1.29, 1.82) is 0 Å². The molecule has 4 aromatic heterocycles. The first-order valence-corrected chi connectivity index (χ1v) is 31.9. The maximum atomic E-state index is 2.59. The lowest BCUT2D eigenvalue weighted by molar-refractivity contribution is 0.568. The Morgan fingerprint density at radius 1 is 0.326 bits per heavy atom. The number of allylic oxidation sites excluding steroid dienone is 4. The summed E-state index contributed by atoms with van der Waals surface area (Å²) in [5, 5.41) is 4.95. The van der Waals surface area contributed by atoms with Crippen LogP contribution >= 0.6 is 22.7 Å². The number of benzene rings is 10. The average molecular weight is 1140 g/mol. The second-order valence-electron chi connectivity index (χ2n) is 25.1. The summed E-state index contributed by atoms with van der Waals surface area (Å²) in [4.78, 5) is 5.02. The smallest absolute Gasteiger partial charge is 0.0641 e. The zero-order valence-corrected chi connectivity index (χ0v) is 51.2. The topological polar surface area (TPSA) is 9.86 Å². The van der Waals surface area contributed by atoms with Gasteiger partial charge in [0.15, 0.2) is 0 Å². The average Bonchev–Trinajstić information content (AvgIpc) is 1.67. The van der Waals surface area contributed by atoms with Crippen molar-refractivity contribution in [3.63, 3.8) is 0 Å². The number of fused-ring (bicyclic) bond motifs is 7. The molecule has 4 heteroatoms. The van der Waals surface area contributed by atoms with Gasteiger partial charge in [-0.2, -0.15) is 0 Å². The second-order valence-corrected chi connectivity index (χ2v) is 27.1. The van der Waals surface area contributed by atoms with E-state index in [-0.39, 0.29) is 10.8 Å². The molecule has 1 aliphatic rings. The summed E-state index contributed by atoms with van der Waals surface area (Å²) < 4.78 is 5.17. The molecule has 0 aliphatic heterocycles. The van der Waals surface area contributed by atoms with Crippen LogP contribution < -0.4 is 0 Å². The number of hydrogen-bond acceptors (Lipinski definition) is 2. The first-order valence-electron chi connectivity index (χ1n) is 30.2. The van der Waals surface area contributed by atoms with Gasteiger partial charge in [-0.05, 0) is 128 Å². The number of rotatable bonds is 10. The van der Waals surface area contributed by atoms with Gasteiger partial charge in [-0.25, -0.2) is 0 Å². The van der Waals surface area contributed by atoms with Crippen molar-refractivity contribution in [3.05, 3.63) is 283 Å². The summed E-state index contributed by atoms with van der Waals surface area (Å²) in [5.41, 5.74) is 24.2. The molecule has 10 aromatic carbocycles. The lowest BCUT2D eigenvalue weighted by Gasteiger charge is -2.27. The van der Waals surface area contributed by atoms with Crippen molar-refractivity contribution in [3.8, 4) is 87.2 Å². The highest BCUT2D eigenvalue weighted by Crippen LogP contribution is 2.56. The van der Waals surface area contributed by atoms with Crippen LogP contribution in [0.5, 0.6) is 0 Å². The highest BCUT2D eigenvalue weighted by atomic mass is 32.1. The van der Waals surface area contributed by atoms with E-state index in [4.69, 9.17) is 0 Å². The molecule has 0 saturated carbocycles. The van der Waals surface area contributed by atoms with Crippen LogP contribution in [0, 0.1) is 0 Å². The normalized spacial score (nSPS) is 12.9. The lowest BCUT2D eigenvalue weighted by Crippen LogP contribution is -2.17. The fourth-order valence-corrected chi connectivity index (χ4v) is 15.9.